The van der Waals surface area contributed by atoms with Crippen LogP contribution in [0.25, 0.3) is 0 Å². The molecule has 0 amide bonds. The predicted molar refractivity (Wildman–Crippen MR) is 54.5 cm³/mol. The summed E-state index contributed by atoms with van der Waals surface area (Å²) in [4.78, 5) is 0. The Morgan fingerprint density at radius 1 is 1.43 bits per heavy atom. The number of aliphatic hydroxyl groups excluding tert-OH is 1. The van der Waals surface area contributed by atoms with Crippen molar-refractivity contribution in [2.75, 3.05) is 7.11 Å². The number of phenolic OH excluding ortho intramolecular Hbond substituents is 1. The number of methoxy groups -OCH3 is 1. The van der Waals surface area contributed by atoms with E-state index in [0.29, 0.717) is 17.7 Å². The lowest BCUT2D eigenvalue weighted by Crippen LogP contribution is -1.94. The Labute approximate surface area is 83.3 Å². The van der Waals surface area contributed by atoms with Gasteiger partial charge >= 0.3 is 0 Å². The first kappa shape index (κ1) is 10.6. The van der Waals surface area contributed by atoms with Gasteiger partial charge in [-0.25, -0.2) is 0 Å². The van der Waals surface area contributed by atoms with Gasteiger partial charge in [0.05, 0.1) is 13.7 Å². The molecule has 0 aromatic heterocycles. The molecule has 0 unspecified atom stereocenters. The molecule has 0 atom stereocenters. The van der Waals surface area contributed by atoms with E-state index in [1.165, 1.54) is 13.2 Å². The summed E-state index contributed by atoms with van der Waals surface area (Å²) in [6, 6.07) is 3.22. The highest BCUT2D eigenvalue weighted by molar-refractivity contribution is 5.46. The second-order valence-electron chi connectivity index (χ2n) is 2.94. The number of hydrogen-bond donors (Lipinski definition) is 2. The van der Waals surface area contributed by atoms with Gasteiger partial charge < -0.3 is 14.9 Å². The summed E-state index contributed by atoms with van der Waals surface area (Å²) >= 11 is 0. The van der Waals surface area contributed by atoms with E-state index in [1.807, 2.05) is 0 Å². The molecule has 1 aromatic rings. The quantitative estimate of drug-likeness (QED) is 0.716. The zero-order valence-corrected chi connectivity index (χ0v) is 8.16. The molecule has 0 radical (unpaired) electrons. The van der Waals surface area contributed by atoms with Gasteiger partial charge in [0.25, 0.3) is 0 Å². The molecule has 0 saturated carbocycles. The number of phenols is 1. The minimum absolute atomic E-state index is 0.148. The molecule has 2 N–H and O–H groups in total. The first-order chi connectivity index (χ1) is 6.72. The molecule has 3 nitrogen and oxygen atoms in total. The first-order valence-electron chi connectivity index (χ1n) is 4.33. The van der Waals surface area contributed by atoms with Crippen LogP contribution in [0.5, 0.6) is 11.5 Å². The lowest BCUT2D eigenvalue weighted by molar-refractivity contribution is 0.273. The fraction of sp³-hybridized carbons (Fsp3) is 0.273. The van der Waals surface area contributed by atoms with Crippen molar-refractivity contribution in [3.63, 3.8) is 0 Å². The van der Waals surface area contributed by atoms with Crippen molar-refractivity contribution in [1.82, 2.24) is 0 Å². The number of hydrogen-bond acceptors (Lipinski definition) is 3. The highest BCUT2D eigenvalue weighted by Crippen LogP contribution is 2.28. The topological polar surface area (TPSA) is 49.7 Å². The Hall–Kier alpha value is -1.48. The van der Waals surface area contributed by atoms with E-state index < -0.39 is 0 Å². The smallest absolute Gasteiger partial charge is 0.124 e. The molecule has 3 heteroatoms. The third-order valence-corrected chi connectivity index (χ3v) is 2.02. The van der Waals surface area contributed by atoms with Crippen LogP contribution in [-0.2, 0) is 13.0 Å². The van der Waals surface area contributed by atoms with Gasteiger partial charge in [-0.3, -0.25) is 0 Å². The molecular weight excluding hydrogens is 180 g/mol. The van der Waals surface area contributed by atoms with Gasteiger partial charge in [-0.15, -0.1) is 6.58 Å². The van der Waals surface area contributed by atoms with Crippen molar-refractivity contribution in [1.29, 1.82) is 0 Å². The maximum Gasteiger partial charge on any atom is 0.124 e. The van der Waals surface area contributed by atoms with Crippen LogP contribution < -0.4 is 4.74 Å². The summed E-state index contributed by atoms with van der Waals surface area (Å²) in [5.41, 5.74) is 1.33. The number of allylic oxidation sites excluding steroid dienone is 1. The average molecular weight is 194 g/mol. The maximum absolute atomic E-state index is 9.56. The van der Waals surface area contributed by atoms with Crippen molar-refractivity contribution in [2.45, 2.75) is 13.0 Å². The lowest BCUT2D eigenvalue weighted by Gasteiger charge is -2.09. The largest absolute Gasteiger partial charge is 0.508 e. The van der Waals surface area contributed by atoms with Gasteiger partial charge in [0, 0.05) is 11.1 Å². The normalized spacial score (nSPS) is 9.86. The summed E-state index contributed by atoms with van der Waals surface area (Å²) in [6.45, 7) is 3.45. The molecule has 0 fully saturated rings. The van der Waals surface area contributed by atoms with Crippen molar-refractivity contribution in [3.05, 3.63) is 35.9 Å². The Kier molecular flexibility index (Phi) is 3.54. The van der Waals surface area contributed by atoms with E-state index in [4.69, 9.17) is 9.84 Å². The number of ether oxygens (including phenoxy) is 1. The fourth-order valence-corrected chi connectivity index (χ4v) is 1.29. The van der Waals surface area contributed by atoms with Crippen LogP contribution in [0, 0.1) is 0 Å². The second-order valence-corrected chi connectivity index (χ2v) is 2.94. The van der Waals surface area contributed by atoms with Gasteiger partial charge in [-0.05, 0) is 18.6 Å². The van der Waals surface area contributed by atoms with E-state index in [-0.39, 0.29) is 12.4 Å². The first-order valence-corrected chi connectivity index (χ1v) is 4.33. The van der Waals surface area contributed by atoms with Crippen LogP contribution in [-0.4, -0.2) is 17.3 Å². The van der Waals surface area contributed by atoms with E-state index in [9.17, 15) is 5.11 Å². The summed E-state index contributed by atoms with van der Waals surface area (Å²) < 4.78 is 5.07. The summed E-state index contributed by atoms with van der Waals surface area (Å²) in [5, 5.41) is 18.5. The molecule has 14 heavy (non-hydrogen) atoms. The molecule has 76 valence electrons. The third kappa shape index (κ3) is 2.06. The standard InChI is InChI=1S/C11H14O3/c1-3-4-8-6-11(14-2)9(7-12)5-10(8)13/h3,5-6,12-13H,1,4,7H2,2H3. The van der Waals surface area contributed by atoms with Crippen molar-refractivity contribution < 1.29 is 14.9 Å². The minimum Gasteiger partial charge on any atom is -0.508 e. The van der Waals surface area contributed by atoms with Crippen LogP contribution in [0.4, 0.5) is 0 Å². The highest BCUT2D eigenvalue weighted by Gasteiger charge is 2.07. The van der Waals surface area contributed by atoms with Gasteiger partial charge in [-0.2, -0.15) is 0 Å². The zero-order chi connectivity index (χ0) is 10.6. The number of rotatable bonds is 4. The van der Waals surface area contributed by atoms with Crippen molar-refractivity contribution in [2.24, 2.45) is 0 Å². The van der Waals surface area contributed by atoms with Crippen LogP contribution in [0.15, 0.2) is 24.8 Å². The van der Waals surface area contributed by atoms with E-state index >= 15 is 0 Å². The molecular formula is C11H14O3. The van der Waals surface area contributed by atoms with Gasteiger partial charge in [0.15, 0.2) is 0 Å². The van der Waals surface area contributed by atoms with Gasteiger partial charge in [-0.1, -0.05) is 6.08 Å². The van der Waals surface area contributed by atoms with Gasteiger partial charge in [0.1, 0.15) is 11.5 Å². The second kappa shape index (κ2) is 4.67. The fourth-order valence-electron chi connectivity index (χ4n) is 1.29. The summed E-state index contributed by atoms with van der Waals surface area (Å²) in [5.74, 6) is 0.747. The molecule has 0 aliphatic carbocycles. The minimum atomic E-state index is -0.148. The third-order valence-electron chi connectivity index (χ3n) is 2.02. The van der Waals surface area contributed by atoms with E-state index in [2.05, 4.69) is 6.58 Å². The molecule has 1 aromatic carbocycles. The van der Waals surface area contributed by atoms with Crippen LogP contribution >= 0.6 is 0 Å². The van der Waals surface area contributed by atoms with E-state index in [0.717, 1.165) is 5.56 Å². The Bertz CT molecular complexity index is 332. The zero-order valence-electron chi connectivity index (χ0n) is 8.16. The molecule has 0 aliphatic heterocycles. The highest BCUT2D eigenvalue weighted by atomic mass is 16.5. The number of aliphatic hydroxyl groups is 1. The summed E-state index contributed by atoms with van der Waals surface area (Å²) in [6.07, 6.45) is 2.28. The van der Waals surface area contributed by atoms with Crippen molar-refractivity contribution in [3.8, 4) is 11.5 Å². The van der Waals surface area contributed by atoms with Crippen LogP contribution in [0.2, 0.25) is 0 Å². The van der Waals surface area contributed by atoms with Crippen molar-refractivity contribution >= 4 is 0 Å². The molecule has 0 spiro atoms. The number of aromatic hydroxyl groups is 1. The summed E-state index contributed by atoms with van der Waals surface area (Å²) in [7, 11) is 1.53. The molecule has 0 heterocycles. The van der Waals surface area contributed by atoms with E-state index in [1.54, 1.807) is 12.1 Å². The lowest BCUT2D eigenvalue weighted by atomic mass is 10.1. The predicted octanol–water partition coefficient (Wildman–Crippen LogP) is 1.62. The Balaban J connectivity index is 3.15. The Morgan fingerprint density at radius 3 is 2.64 bits per heavy atom. The molecule has 0 aliphatic rings. The maximum atomic E-state index is 9.56. The average Bonchev–Trinajstić information content (AvgIpc) is 2.20. The number of benzene rings is 1. The van der Waals surface area contributed by atoms with Crippen LogP contribution in [0.1, 0.15) is 11.1 Å². The molecule has 0 bridgehead atoms. The van der Waals surface area contributed by atoms with Crippen LogP contribution in [0.3, 0.4) is 0 Å². The molecule has 0 saturated heterocycles. The SMILES string of the molecule is C=CCc1cc(OC)c(CO)cc1O. The van der Waals surface area contributed by atoms with Gasteiger partial charge in [0.2, 0.25) is 0 Å². The monoisotopic (exact) mass is 194 g/mol. The Morgan fingerprint density at radius 2 is 2.14 bits per heavy atom. The molecule has 1 rings (SSSR count).